The Morgan fingerprint density at radius 3 is 2.39 bits per heavy atom. The van der Waals surface area contributed by atoms with Crippen LogP contribution in [0.4, 0.5) is 8.78 Å². The lowest BCUT2D eigenvalue weighted by molar-refractivity contribution is -0.134. The highest BCUT2D eigenvalue weighted by Gasteiger charge is 2.16. The zero-order valence-corrected chi connectivity index (χ0v) is 19.9. The van der Waals surface area contributed by atoms with Crippen molar-refractivity contribution in [2.45, 2.75) is 0 Å². The highest BCUT2D eigenvalue weighted by Crippen LogP contribution is 2.32. The number of carbonyl (C=O) groups is 2. The number of nitrogens with zero attached hydrogens (tertiary/aromatic N) is 3. The van der Waals surface area contributed by atoms with Crippen LogP contribution in [-0.2, 0) is 16.6 Å². The van der Waals surface area contributed by atoms with E-state index in [2.05, 4.69) is 16.6 Å². The quantitative estimate of drug-likeness (QED) is 0.317. The molecule has 36 heavy (non-hydrogen) atoms. The minimum Gasteiger partial charge on any atom is -0.486 e. The number of aliphatic carboxylic acids is 2. The minimum atomic E-state index is -1.26. The highest BCUT2D eigenvalue weighted by molar-refractivity contribution is 5.94. The van der Waals surface area contributed by atoms with E-state index in [0.29, 0.717) is 34.3 Å². The van der Waals surface area contributed by atoms with Crippen LogP contribution in [0.15, 0.2) is 73.4 Å². The van der Waals surface area contributed by atoms with Crippen LogP contribution in [0.25, 0.3) is 22.2 Å². The van der Waals surface area contributed by atoms with Crippen LogP contribution in [0.3, 0.4) is 0 Å². The maximum absolute atomic E-state index is 14.5. The van der Waals surface area contributed by atoms with Gasteiger partial charge in [0.05, 0.1) is 10.9 Å². The van der Waals surface area contributed by atoms with Crippen LogP contribution in [0, 0.1) is 11.6 Å². The SMILES string of the molecule is C=CCN(C)C/C=C/COc1ccc(-c2nn(C)c3cccc(F)c23)cc1F.O=C(O)/C=C/C(=O)O. The van der Waals surface area contributed by atoms with Gasteiger partial charge in [-0.3, -0.25) is 9.58 Å². The van der Waals surface area contributed by atoms with E-state index in [-0.39, 0.29) is 18.2 Å². The molecule has 0 saturated carbocycles. The van der Waals surface area contributed by atoms with E-state index < -0.39 is 17.8 Å². The first-order valence-corrected chi connectivity index (χ1v) is 10.8. The van der Waals surface area contributed by atoms with E-state index in [1.807, 2.05) is 25.3 Å². The summed E-state index contributed by atoms with van der Waals surface area (Å²) in [6, 6.07) is 9.34. The molecule has 0 radical (unpaired) electrons. The fourth-order valence-corrected chi connectivity index (χ4v) is 3.14. The molecule has 10 heteroatoms. The number of likely N-dealkylation sites (N-methyl/N-ethyl adjacent to an activating group) is 1. The van der Waals surface area contributed by atoms with Gasteiger partial charge in [0.15, 0.2) is 11.6 Å². The van der Waals surface area contributed by atoms with Gasteiger partial charge in [-0.2, -0.15) is 5.10 Å². The average molecular weight is 500 g/mol. The zero-order valence-electron chi connectivity index (χ0n) is 19.9. The zero-order chi connectivity index (χ0) is 26.7. The number of fused-ring (bicyclic) bond motifs is 1. The summed E-state index contributed by atoms with van der Waals surface area (Å²) in [6.07, 6.45) is 6.75. The van der Waals surface area contributed by atoms with E-state index in [4.69, 9.17) is 14.9 Å². The van der Waals surface area contributed by atoms with Crippen LogP contribution in [0.1, 0.15) is 0 Å². The number of aryl methyl sites for hydroxylation is 1. The monoisotopic (exact) mass is 499 g/mol. The fraction of sp³-hybridized carbons (Fsp3) is 0.192. The van der Waals surface area contributed by atoms with Crippen LogP contribution >= 0.6 is 0 Å². The molecule has 0 saturated heterocycles. The molecule has 1 aromatic heterocycles. The first-order valence-electron chi connectivity index (χ1n) is 10.8. The first kappa shape index (κ1) is 27.9. The van der Waals surface area contributed by atoms with Crippen molar-refractivity contribution in [3.05, 3.63) is 85.0 Å². The van der Waals surface area contributed by atoms with Crippen LogP contribution in [0.5, 0.6) is 5.75 Å². The van der Waals surface area contributed by atoms with Crippen LogP contribution < -0.4 is 4.74 Å². The molecule has 2 N–H and O–H groups in total. The number of rotatable bonds is 10. The molecule has 0 aliphatic carbocycles. The van der Waals surface area contributed by atoms with Gasteiger partial charge >= 0.3 is 11.9 Å². The molecule has 0 aliphatic rings. The molecular formula is C26H27F2N3O5. The Kier molecular flexibility index (Phi) is 10.5. The number of halogens is 2. The molecule has 0 unspecified atom stereocenters. The van der Waals surface area contributed by atoms with Crippen molar-refractivity contribution >= 4 is 22.8 Å². The summed E-state index contributed by atoms with van der Waals surface area (Å²) < 4.78 is 35.8. The summed E-state index contributed by atoms with van der Waals surface area (Å²) in [4.78, 5) is 21.2. The van der Waals surface area contributed by atoms with Gasteiger partial charge in [-0.05, 0) is 37.4 Å². The van der Waals surface area contributed by atoms with Gasteiger partial charge < -0.3 is 14.9 Å². The Balaban J connectivity index is 0.000000493. The second-order valence-corrected chi connectivity index (χ2v) is 7.55. The van der Waals surface area contributed by atoms with E-state index in [9.17, 15) is 18.4 Å². The normalized spacial score (nSPS) is 11.1. The van der Waals surface area contributed by atoms with E-state index >= 15 is 0 Å². The summed E-state index contributed by atoms with van der Waals surface area (Å²) >= 11 is 0. The molecule has 1 heterocycles. The molecule has 0 amide bonds. The van der Waals surface area contributed by atoms with Crippen molar-refractivity contribution in [1.82, 2.24) is 14.7 Å². The topological polar surface area (TPSA) is 105 Å². The maximum atomic E-state index is 14.5. The molecule has 8 nitrogen and oxygen atoms in total. The molecule has 0 fully saturated rings. The third-order valence-electron chi connectivity index (χ3n) is 4.76. The van der Waals surface area contributed by atoms with Crippen molar-refractivity contribution in [1.29, 1.82) is 0 Å². The predicted octanol–water partition coefficient (Wildman–Crippen LogP) is 4.28. The molecule has 0 aliphatic heterocycles. The van der Waals surface area contributed by atoms with Gasteiger partial charge in [0.25, 0.3) is 0 Å². The van der Waals surface area contributed by atoms with Gasteiger partial charge in [-0.1, -0.05) is 24.3 Å². The Morgan fingerprint density at radius 2 is 1.78 bits per heavy atom. The molecule has 0 spiro atoms. The van der Waals surface area contributed by atoms with Crippen LogP contribution in [0.2, 0.25) is 0 Å². The Bertz CT molecular complexity index is 1270. The third kappa shape index (κ3) is 8.17. The molecule has 190 valence electrons. The summed E-state index contributed by atoms with van der Waals surface area (Å²) in [5.74, 6) is -3.26. The number of carboxylic acids is 2. The first-order chi connectivity index (χ1) is 17.1. The number of benzene rings is 2. The number of ether oxygens (including phenoxy) is 1. The summed E-state index contributed by atoms with van der Waals surface area (Å²) in [5.41, 5.74) is 1.57. The van der Waals surface area contributed by atoms with Gasteiger partial charge in [0, 0.05) is 37.9 Å². The minimum absolute atomic E-state index is 0.147. The number of aromatic nitrogens is 2. The van der Waals surface area contributed by atoms with Crippen molar-refractivity contribution in [3.63, 3.8) is 0 Å². The molecule has 3 rings (SSSR count). The van der Waals surface area contributed by atoms with Crippen molar-refractivity contribution < 1.29 is 33.3 Å². The Morgan fingerprint density at radius 1 is 1.08 bits per heavy atom. The molecular weight excluding hydrogens is 472 g/mol. The Hall–Kier alpha value is -4.31. The lowest BCUT2D eigenvalue weighted by atomic mass is 10.1. The van der Waals surface area contributed by atoms with Crippen molar-refractivity contribution in [2.75, 3.05) is 26.7 Å². The van der Waals surface area contributed by atoms with Crippen molar-refractivity contribution in [2.24, 2.45) is 7.05 Å². The van der Waals surface area contributed by atoms with E-state index in [1.165, 1.54) is 12.1 Å². The number of hydrogen-bond acceptors (Lipinski definition) is 5. The molecule has 0 atom stereocenters. The van der Waals surface area contributed by atoms with Gasteiger partial charge in [-0.15, -0.1) is 6.58 Å². The number of hydrogen-bond donors (Lipinski definition) is 2. The average Bonchev–Trinajstić information content (AvgIpc) is 3.17. The summed E-state index contributed by atoms with van der Waals surface area (Å²) in [5, 5.41) is 20.4. The van der Waals surface area contributed by atoms with Gasteiger partial charge in [0.2, 0.25) is 0 Å². The second-order valence-electron chi connectivity index (χ2n) is 7.55. The smallest absolute Gasteiger partial charge is 0.328 e. The standard InChI is InChI=1S/C22H23F2N3O.C4H4O4/c1-4-12-26(2)13-5-6-14-28-20-11-10-16(15-18(20)24)22-21-17(23)8-7-9-19(21)27(3)25-22;5-3(6)1-2-4(7)8/h4-11,15H,1,12-14H2,2-3H3;1-2H,(H,5,6)(H,7,8)/b6-5+;2-1+. The van der Waals surface area contributed by atoms with Gasteiger partial charge in [-0.25, -0.2) is 18.4 Å². The lowest BCUT2D eigenvalue weighted by Gasteiger charge is -2.10. The van der Waals surface area contributed by atoms with Crippen LogP contribution in [-0.4, -0.2) is 63.6 Å². The van der Waals surface area contributed by atoms with Gasteiger partial charge in [0.1, 0.15) is 18.1 Å². The summed E-state index contributed by atoms with van der Waals surface area (Å²) in [6.45, 7) is 5.51. The fourth-order valence-electron chi connectivity index (χ4n) is 3.14. The molecule has 3 aromatic rings. The Labute approximate surface area is 207 Å². The third-order valence-corrected chi connectivity index (χ3v) is 4.76. The van der Waals surface area contributed by atoms with E-state index in [1.54, 1.807) is 36.0 Å². The maximum Gasteiger partial charge on any atom is 0.328 e. The lowest BCUT2D eigenvalue weighted by Crippen LogP contribution is -2.17. The second kappa shape index (κ2) is 13.5. The number of carboxylic acid groups (broad SMARTS) is 2. The predicted molar refractivity (Wildman–Crippen MR) is 133 cm³/mol. The summed E-state index contributed by atoms with van der Waals surface area (Å²) in [7, 11) is 3.72. The van der Waals surface area contributed by atoms with E-state index in [0.717, 1.165) is 13.1 Å². The largest absolute Gasteiger partial charge is 0.486 e. The highest BCUT2D eigenvalue weighted by atomic mass is 19.1. The molecule has 0 bridgehead atoms. The molecule has 2 aromatic carbocycles. The van der Waals surface area contributed by atoms with Crippen molar-refractivity contribution in [3.8, 4) is 17.0 Å².